The number of anilines is 1. The van der Waals surface area contributed by atoms with Crippen LogP contribution in [-0.2, 0) is 4.79 Å². The molecule has 5 heteroatoms. The summed E-state index contributed by atoms with van der Waals surface area (Å²) in [4.78, 5) is 16.3. The molecule has 0 saturated carbocycles. The minimum atomic E-state index is -0.239. The predicted octanol–water partition coefficient (Wildman–Crippen LogP) is 3.37. The summed E-state index contributed by atoms with van der Waals surface area (Å²) >= 11 is 0. The lowest BCUT2D eigenvalue weighted by molar-refractivity contribution is -0.111. The van der Waals surface area contributed by atoms with Crippen LogP contribution < -0.4 is 14.8 Å². The van der Waals surface area contributed by atoms with Gasteiger partial charge in [-0.2, -0.15) is 0 Å². The van der Waals surface area contributed by atoms with Gasteiger partial charge >= 0.3 is 0 Å². The minimum absolute atomic E-state index is 0.239. The summed E-state index contributed by atoms with van der Waals surface area (Å²) in [7, 11) is 3.15. The molecular formula is C18H20N2O3. The molecule has 0 aliphatic rings. The van der Waals surface area contributed by atoms with Crippen molar-refractivity contribution in [3.05, 3.63) is 53.2 Å². The molecule has 0 radical (unpaired) electrons. The lowest BCUT2D eigenvalue weighted by atomic mass is 10.2. The van der Waals surface area contributed by atoms with Crippen LogP contribution in [0, 0.1) is 13.8 Å². The van der Waals surface area contributed by atoms with Crippen LogP contribution in [0.25, 0.3) is 6.08 Å². The minimum Gasteiger partial charge on any atom is -0.493 e. The van der Waals surface area contributed by atoms with E-state index in [9.17, 15) is 4.79 Å². The maximum absolute atomic E-state index is 12.0. The van der Waals surface area contributed by atoms with Crippen molar-refractivity contribution in [3.63, 3.8) is 0 Å². The Morgan fingerprint density at radius 3 is 2.48 bits per heavy atom. The Morgan fingerprint density at radius 2 is 1.83 bits per heavy atom. The molecule has 0 aliphatic carbocycles. The molecule has 0 bridgehead atoms. The topological polar surface area (TPSA) is 60.5 Å². The summed E-state index contributed by atoms with van der Waals surface area (Å²) in [5, 5.41) is 2.75. The van der Waals surface area contributed by atoms with Gasteiger partial charge in [-0.05, 0) is 55.3 Å². The molecule has 1 amide bonds. The number of nitrogens with one attached hydrogen (secondary N) is 1. The van der Waals surface area contributed by atoms with Gasteiger partial charge in [-0.15, -0.1) is 0 Å². The summed E-state index contributed by atoms with van der Waals surface area (Å²) in [6, 6.07) is 9.23. The highest BCUT2D eigenvalue weighted by Crippen LogP contribution is 2.27. The first-order valence-electron chi connectivity index (χ1n) is 7.18. The largest absolute Gasteiger partial charge is 0.493 e. The van der Waals surface area contributed by atoms with Crippen LogP contribution in [0.2, 0.25) is 0 Å². The third-order valence-electron chi connectivity index (χ3n) is 3.18. The number of aryl methyl sites for hydroxylation is 2. The third-order valence-corrected chi connectivity index (χ3v) is 3.18. The van der Waals surface area contributed by atoms with Crippen molar-refractivity contribution < 1.29 is 14.3 Å². The second-order valence-corrected chi connectivity index (χ2v) is 5.11. The van der Waals surface area contributed by atoms with Gasteiger partial charge in [0.15, 0.2) is 11.5 Å². The zero-order valence-corrected chi connectivity index (χ0v) is 13.7. The predicted molar refractivity (Wildman–Crippen MR) is 90.9 cm³/mol. The fourth-order valence-corrected chi connectivity index (χ4v) is 2.20. The molecule has 5 nitrogen and oxygen atoms in total. The van der Waals surface area contributed by atoms with Gasteiger partial charge in [0, 0.05) is 11.8 Å². The van der Waals surface area contributed by atoms with Crippen molar-refractivity contribution in [2.24, 2.45) is 0 Å². The number of aromatic nitrogens is 1. The van der Waals surface area contributed by atoms with E-state index in [1.165, 1.54) is 6.08 Å². The first-order valence-corrected chi connectivity index (χ1v) is 7.18. The van der Waals surface area contributed by atoms with Gasteiger partial charge in [-0.1, -0.05) is 6.07 Å². The Labute approximate surface area is 136 Å². The molecule has 1 aromatic heterocycles. The summed E-state index contributed by atoms with van der Waals surface area (Å²) in [5.41, 5.74) is 2.76. The summed E-state index contributed by atoms with van der Waals surface area (Å²) in [5.74, 6) is 1.57. The van der Waals surface area contributed by atoms with Crippen molar-refractivity contribution in [1.29, 1.82) is 0 Å². The van der Waals surface area contributed by atoms with Crippen molar-refractivity contribution >= 4 is 17.8 Å². The second-order valence-electron chi connectivity index (χ2n) is 5.11. The van der Waals surface area contributed by atoms with Crippen molar-refractivity contribution in [2.45, 2.75) is 13.8 Å². The number of ether oxygens (including phenoxy) is 2. The highest BCUT2D eigenvalue weighted by Gasteiger charge is 2.04. The van der Waals surface area contributed by atoms with E-state index in [2.05, 4.69) is 10.3 Å². The zero-order valence-electron chi connectivity index (χ0n) is 13.7. The SMILES string of the molecule is COc1ccc(/C=C/C(=O)Nc2cc(C)cc(C)n2)cc1OC. The van der Waals surface area contributed by atoms with Gasteiger partial charge in [0.25, 0.3) is 0 Å². The molecule has 1 N–H and O–H groups in total. The highest BCUT2D eigenvalue weighted by atomic mass is 16.5. The van der Waals surface area contributed by atoms with E-state index in [1.807, 2.05) is 32.0 Å². The summed E-state index contributed by atoms with van der Waals surface area (Å²) < 4.78 is 10.4. The second kappa shape index (κ2) is 7.45. The van der Waals surface area contributed by atoms with Crippen molar-refractivity contribution in [2.75, 3.05) is 19.5 Å². The van der Waals surface area contributed by atoms with Gasteiger partial charge in [0.2, 0.25) is 5.91 Å². The Hall–Kier alpha value is -2.82. The van der Waals surface area contributed by atoms with E-state index < -0.39 is 0 Å². The maximum Gasteiger partial charge on any atom is 0.249 e. The quantitative estimate of drug-likeness (QED) is 0.860. The number of amides is 1. The molecule has 1 aromatic carbocycles. The van der Waals surface area contributed by atoms with Crippen LogP contribution in [-0.4, -0.2) is 25.1 Å². The Kier molecular flexibility index (Phi) is 5.36. The van der Waals surface area contributed by atoms with Crippen molar-refractivity contribution in [1.82, 2.24) is 4.98 Å². The van der Waals surface area contributed by atoms with E-state index in [1.54, 1.807) is 32.4 Å². The molecule has 120 valence electrons. The molecule has 1 heterocycles. The number of nitrogens with zero attached hydrogens (tertiary/aromatic N) is 1. The van der Waals surface area contributed by atoms with Crippen LogP contribution in [0.15, 0.2) is 36.4 Å². The fraction of sp³-hybridized carbons (Fsp3) is 0.222. The van der Waals surface area contributed by atoms with Crippen LogP contribution in [0.1, 0.15) is 16.8 Å². The number of rotatable bonds is 5. The first-order chi connectivity index (χ1) is 11.0. The Balaban J connectivity index is 2.09. The first kappa shape index (κ1) is 16.5. The standard InChI is InChI=1S/C18H20N2O3/c1-12-9-13(2)19-17(10-12)20-18(21)8-6-14-5-7-15(22-3)16(11-14)23-4/h5-11H,1-4H3,(H,19,20,21)/b8-6+. The smallest absolute Gasteiger partial charge is 0.249 e. The average Bonchev–Trinajstić information content (AvgIpc) is 2.51. The number of carbonyl (C=O) groups excluding carboxylic acids is 1. The molecular weight excluding hydrogens is 292 g/mol. The highest BCUT2D eigenvalue weighted by molar-refractivity contribution is 6.01. The number of carbonyl (C=O) groups is 1. The molecule has 0 saturated heterocycles. The molecule has 2 rings (SSSR count). The molecule has 23 heavy (non-hydrogen) atoms. The van der Waals surface area contributed by atoms with E-state index >= 15 is 0 Å². The molecule has 0 fully saturated rings. The Morgan fingerprint density at radius 1 is 1.09 bits per heavy atom. The summed E-state index contributed by atoms with van der Waals surface area (Å²) in [6.07, 6.45) is 3.17. The monoisotopic (exact) mass is 312 g/mol. The van der Waals surface area contributed by atoms with E-state index in [0.29, 0.717) is 17.3 Å². The zero-order chi connectivity index (χ0) is 16.8. The van der Waals surface area contributed by atoms with Gasteiger partial charge in [-0.25, -0.2) is 4.98 Å². The van der Waals surface area contributed by atoms with Gasteiger partial charge in [-0.3, -0.25) is 4.79 Å². The number of hydrogen-bond donors (Lipinski definition) is 1. The summed E-state index contributed by atoms with van der Waals surface area (Å²) in [6.45, 7) is 3.85. The van der Waals surface area contributed by atoms with Crippen LogP contribution in [0.4, 0.5) is 5.82 Å². The van der Waals surface area contributed by atoms with Crippen molar-refractivity contribution in [3.8, 4) is 11.5 Å². The fourth-order valence-electron chi connectivity index (χ4n) is 2.20. The van der Waals surface area contributed by atoms with Crippen LogP contribution in [0.5, 0.6) is 11.5 Å². The van der Waals surface area contributed by atoms with Gasteiger partial charge in [0.1, 0.15) is 5.82 Å². The van der Waals surface area contributed by atoms with Gasteiger partial charge < -0.3 is 14.8 Å². The van der Waals surface area contributed by atoms with E-state index in [-0.39, 0.29) is 5.91 Å². The maximum atomic E-state index is 12.0. The van der Waals surface area contributed by atoms with Crippen LogP contribution in [0.3, 0.4) is 0 Å². The molecule has 0 unspecified atom stereocenters. The van der Waals surface area contributed by atoms with Gasteiger partial charge in [0.05, 0.1) is 14.2 Å². The number of pyridine rings is 1. The molecule has 2 aromatic rings. The number of methoxy groups -OCH3 is 2. The Bertz CT molecular complexity index is 719. The molecule has 0 atom stereocenters. The third kappa shape index (κ3) is 4.57. The molecule has 0 spiro atoms. The average molecular weight is 312 g/mol. The van der Waals surface area contributed by atoms with E-state index in [0.717, 1.165) is 16.8 Å². The number of benzene rings is 1. The number of hydrogen-bond acceptors (Lipinski definition) is 4. The lowest BCUT2D eigenvalue weighted by Crippen LogP contribution is -2.09. The van der Waals surface area contributed by atoms with E-state index in [4.69, 9.17) is 9.47 Å². The molecule has 0 aliphatic heterocycles. The normalized spacial score (nSPS) is 10.6. The van der Waals surface area contributed by atoms with Crippen LogP contribution >= 0.6 is 0 Å². The lowest BCUT2D eigenvalue weighted by Gasteiger charge is -2.07.